The fourth-order valence-electron chi connectivity index (χ4n) is 0.104. The quantitative estimate of drug-likeness (QED) is 0.530. The van der Waals surface area contributed by atoms with E-state index in [9.17, 15) is 13.3 Å². The second-order valence-corrected chi connectivity index (χ2v) is 5.72. The van der Waals surface area contributed by atoms with Crippen LogP contribution >= 0.6 is 23.3 Å². The van der Waals surface area contributed by atoms with Crippen LogP contribution in [0.15, 0.2) is 0 Å². The molecular formula is C3H6BrF2O2P. The maximum Gasteiger partial charge on any atom is 0.373 e. The van der Waals surface area contributed by atoms with Crippen LogP contribution in [0.3, 0.4) is 0 Å². The molecule has 0 saturated heterocycles. The van der Waals surface area contributed by atoms with E-state index >= 15 is 0 Å². The number of hydrogen-bond donors (Lipinski definition) is 0. The molecule has 0 aliphatic heterocycles. The van der Waals surface area contributed by atoms with Crippen LogP contribution in [0.5, 0.6) is 0 Å². The van der Waals surface area contributed by atoms with Crippen LogP contribution in [-0.2, 0) is 9.09 Å². The maximum atomic E-state index is 12.0. The van der Waals surface area contributed by atoms with Gasteiger partial charge in [0.05, 0.1) is 0 Å². The normalized spacial score (nSPS) is 19.2. The molecule has 9 heavy (non-hydrogen) atoms. The van der Waals surface area contributed by atoms with E-state index in [4.69, 9.17) is 0 Å². The minimum absolute atomic E-state index is 0.863. The Kier molecular flexibility index (Phi) is 2.80. The lowest BCUT2D eigenvalue weighted by Gasteiger charge is -2.15. The van der Waals surface area contributed by atoms with Crippen molar-refractivity contribution in [3.8, 4) is 0 Å². The fraction of sp³-hybridized carbons (Fsp3) is 1.00. The molecule has 0 spiro atoms. The zero-order valence-corrected chi connectivity index (χ0v) is 7.38. The summed E-state index contributed by atoms with van der Waals surface area (Å²) in [5.74, 6) is 0. The third kappa shape index (κ3) is 2.32. The van der Waals surface area contributed by atoms with Crippen molar-refractivity contribution in [1.82, 2.24) is 0 Å². The third-order valence-electron chi connectivity index (χ3n) is 0.809. The molecule has 2 nitrogen and oxygen atoms in total. The van der Waals surface area contributed by atoms with Gasteiger partial charge in [-0.3, -0.25) is 4.57 Å². The average Bonchev–Trinajstić information content (AvgIpc) is 1.64. The van der Waals surface area contributed by atoms with E-state index in [1.807, 2.05) is 15.9 Å². The standard InChI is InChI=1S/C3H6BrF2O2P/c1-8-9(2,7)3(4,5)6/h1-2H3. The number of hydrogen-bond acceptors (Lipinski definition) is 2. The van der Waals surface area contributed by atoms with Crippen LogP contribution in [-0.4, -0.2) is 18.3 Å². The van der Waals surface area contributed by atoms with Crippen LogP contribution in [0.4, 0.5) is 8.78 Å². The summed E-state index contributed by atoms with van der Waals surface area (Å²) in [5, 5.41) is 0. The summed E-state index contributed by atoms with van der Waals surface area (Å²) in [7, 11) is -2.79. The summed E-state index contributed by atoms with van der Waals surface area (Å²) in [4.78, 5) is 0. The molecule has 0 bridgehead atoms. The van der Waals surface area contributed by atoms with Gasteiger partial charge in [0.2, 0.25) is 0 Å². The molecular weight excluding hydrogens is 217 g/mol. The first-order chi connectivity index (χ1) is 3.81. The van der Waals surface area contributed by atoms with Crippen molar-refractivity contribution in [3.63, 3.8) is 0 Å². The number of alkyl halides is 3. The lowest BCUT2D eigenvalue weighted by atomic mass is 11.7. The summed E-state index contributed by atoms with van der Waals surface area (Å²) < 4.78 is 35.3. The molecule has 0 fully saturated rings. The summed E-state index contributed by atoms with van der Waals surface area (Å²) in [5.41, 5.74) is 0. The summed E-state index contributed by atoms with van der Waals surface area (Å²) in [6, 6.07) is 0. The zero-order valence-electron chi connectivity index (χ0n) is 4.90. The van der Waals surface area contributed by atoms with Gasteiger partial charge in [0.15, 0.2) is 0 Å². The van der Waals surface area contributed by atoms with Crippen molar-refractivity contribution in [1.29, 1.82) is 0 Å². The first-order valence-electron chi connectivity index (χ1n) is 2.01. The van der Waals surface area contributed by atoms with Crippen LogP contribution in [0.1, 0.15) is 0 Å². The van der Waals surface area contributed by atoms with Gasteiger partial charge in [0, 0.05) is 29.7 Å². The first kappa shape index (κ1) is 9.53. The molecule has 0 rings (SSSR count). The number of rotatable bonds is 2. The molecule has 0 aliphatic rings. The average molecular weight is 223 g/mol. The zero-order chi connectivity index (χ0) is 7.71. The number of halogens is 3. The lowest BCUT2D eigenvalue weighted by Crippen LogP contribution is -2.06. The summed E-state index contributed by atoms with van der Waals surface area (Å²) >= 11 is 1.94. The second kappa shape index (κ2) is 2.64. The van der Waals surface area contributed by atoms with Gasteiger partial charge in [0.25, 0.3) is 7.37 Å². The molecule has 0 N–H and O–H groups in total. The Morgan fingerprint density at radius 1 is 1.67 bits per heavy atom. The molecule has 6 heteroatoms. The Bertz CT molecular complexity index is 143. The summed E-state index contributed by atoms with van der Waals surface area (Å²) in [6.07, 6.45) is 0. The molecule has 0 amide bonds. The van der Waals surface area contributed by atoms with Crippen molar-refractivity contribution in [3.05, 3.63) is 0 Å². The highest BCUT2D eigenvalue weighted by Gasteiger charge is 2.44. The predicted molar refractivity (Wildman–Crippen MR) is 34.4 cm³/mol. The van der Waals surface area contributed by atoms with Crippen LogP contribution < -0.4 is 0 Å². The van der Waals surface area contributed by atoms with E-state index < -0.39 is 11.9 Å². The highest BCUT2D eigenvalue weighted by Crippen LogP contribution is 2.60. The van der Waals surface area contributed by atoms with Gasteiger partial charge in [-0.15, -0.1) is 0 Å². The molecule has 0 aromatic carbocycles. The highest BCUT2D eigenvalue weighted by molar-refractivity contribution is 9.11. The topological polar surface area (TPSA) is 26.3 Å². The minimum atomic E-state index is -3.77. The van der Waals surface area contributed by atoms with Crippen molar-refractivity contribution >= 4 is 23.3 Å². The Hall–Kier alpha value is 0.530. The van der Waals surface area contributed by atoms with Gasteiger partial charge < -0.3 is 4.52 Å². The van der Waals surface area contributed by atoms with Crippen molar-refractivity contribution in [2.75, 3.05) is 13.8 Å². The monoisotopic (exact) mass is 222 g/mol. The van der Waals surface area contributed by atoms with Crippen LogP contribution in [0.2, 0.25) is 0 Å². The van der Waals surface area contributed by atoms with Crippen molar-refractivity contribution in [2.45, 2.75) is 4.57 Å². The molecule has 56 valence electrons. The largest absolute Gasteiger partial charge is 0.373 e. The van der Waals surface area contributed by atoms with Crippen molar-refractivity contribution in [2.24, 2.45) is 0 Å². The van der Waals surface area contributed by atoms with Gasteiger partial charge in [-0.2, -0.15) is 8.78 Å². The maximum absolute atomic E-state index is 12.0. The lowest BCUT2D eigenvalue weighted by molar-refractivity contribution is 0.178. The molecule has 1 unspecified atom stereocenters. The SMILES string of the molecule is COP(C)(=O)C(F)(F)Br. The smallest absolute Gasteiger partial charge is 0.327 e. The minimum Gasteiger partial charge on any atom is -0.327 e. The molecule has 0 heterocycles. The van der Waals surface area contributed by atoms with E-state index in [1.54, 1.807) is 0 Å². The molecule has 0 aromatic rings. The van der Waals surface area contributed by atoms with Crippen LogP contribution in [0.25, 0.3) is 0 Å². The Balaban J connectivity index is 4.35. The predicted octanol–water partition coefficient (Wildman–Crippen LogP) is 2.49. The Labute approximate surface area is 60.2 Å². The Morgan fingerprint density at radius 2 is 2.00 bits per heavy atom. The van der Waals surface area contributed by atoms with Crippen molar-refractivity contribution < 1.29 is 17.9 Å². The molecule has 0 aliphatic carbocycles. The van der Waals surface area contributed by atoms with Gasteiger partial charge in [0.1, 0.15) is 0 Å². The van der Waals surface area contributed by atoms with Gasteiger partial charge in [-0.25, -0.2) is 0 Å². The van der Waals surface area contributed by atoms with Gasteiger partial charge >= 0.3 is 4.57 Å². The molecule has 0 aromatic heterocycles. The van der Waals surface area contributed by atoms with E-state index in [1.165, 1.54) is 0 Å². The van der Waals surface area contributed by atoms with Crippen LogP contribution in [0, 0.1) is 0 Å². The van der Waals surface area contributed by atoms with E-state index in [2.05, 4.69) is 4.52 Å². The van der Waals surface area contributed by atoms with E-state index in [0.29, 0.717) is 0 Å². The first-order valence-corrected chi connectivity index (χ1v) is 4.88. The molecule has 0 saturated carbocycles. The molecule has 0 radical (unpaired) electrons. The van der Waals surface area contributed by atoms with E-state index in [-0.39, 0.29) is 0 Å². The summed E-state index contributed by atoms with van der Waals surface area (Å²) in [6.45, 7) is 0.863. The van der Waals surface area contributed by atoms with Gasteiger partial charge in [-0.05, 0) is 0 Å². The molecule has 1 atom stereocenters. The van der Waals surface area contributed by atoms with Gasteiger partial charge in [-0.1, -0.05) is 0 Å². The highest BCUT2D eigenvalue weighted by atomic mass is 79.9. The fourth-order valence-corrected chi connectivity index (χ4v) is 0.745. The van der Waals surface area contributed by atoms with E-state index in [0.717, 1.165) is 13.8 Å². The Morgan fingerprint density at radius 3 is 2.00 bits per heavy atom. The second-order valence-electron chi connectivity index (χ2n) is 1.50. The third-order valence-corrected chi connectivity index (χ3v) is 4.36.